The fourth-order valence-corrected chi connectivity index (χ4v) is 3.85. The van der Waals surface area contributed by atoms with Crippen molar-refractivity contribution in [3.63, 3.8) is 0 Å². The number of hydrogen-bond donors (Lipinski definition) is 1. The largest absolute Gasteiger partial charge is 0.349 e. The van der Waals surface area contributed by atoms with Crippen molar-refractivity contribution < 1.29 is 0 Å². The molecule has 6 heteroatoms. The van der Waals surface area contributed by atoms with Crippen molar-refractivity contribution in [2.75, 3.05) is 16.8 Å². The lowest BCUT2D eigenvalue weighted by molar-refractivity contribution is 0.614. The number of halogens is 2. The van der Waals surface area contributed by atoms with Gasteiger partial charge in [-0.2, -0.15) is 4.98 Å². The molecule has 4 nitrogen and oxygen atoms in total. The zero-order chi connectivity index (χ0) is 19.0. The average molecular weight is 415 g/mol. The standard InChI is InChI=1S/C22H23ClN4.ClH/c1-14-15(2)24-22(25-19-7-5-4-6-8-19)26-21(14)27-12-11-17-9-10-18(23)13-20(17)16(27)3;/h4-10,13,16H,11-12H2,1-3H3,(H,24,25,26);1H. The SMILES string of the molecule is Cc1nc(Nc2ccccc2)nc(N2CCc3ccc(Cl)cc3C2C)c1C.Cl. The summed E-state index contributed by atoms with van der Waals surface area (Å²) in [5, 5.41) is 4.11. The molecule has 0 spiro atoms. The van der Waals surface area contributed by atoms with Gasteiger partial charge >= 0.3 is 0 Å². The van der Waals surface area contributed by atoms with Gasteiger partial charge in [0.05, 0.1) is 6.04 Å². The van der Waals surface area contributed by atoms with Crippen LogP contribution in [-0.2, 0) is 6.42 Å². The van der Waals surface area contributed by atoms with E-state index in [2.05, 4.69) is 41.2 Å². The third kappa shape index (κ3) is 3.94. The van der Waals surface area contributed by atoms with Crippen LogP contribution in [-0.4, -0.2) is 16.5 Å². The van der Waals surface area contributed by atoms with Gasteiger partial charge < -0.3 is 10.2 Å². The summed E-state index contributed by atoms with van der Waals surface area (Å²) >= 11 is 6.25. The first-order valence-electron chi connectivity index (χ1n) is 9.25. The topological polar surface area (TPSA) is 41.1 Å². The van der Waals surface area contributed by atoms with E-state index in [0.29, 0.717) is 5.95 Å². The molecule has 0 aliphatic carbocycles. The normalized spacial score (nSPS) is 15.6. The third-order valence-corrected chi connectivity index (χ3v) is 5.55. The van der Waals surface area contributed by atoms with Crippen LogP contribution in [0.3, 0.4) is 0 Å². The Morgan fingerprint density at radius 1 is 1.07 bits per heavy atom. The van der Waals surface area contributed by atoms with Gasteiger partial charge in [-0.25, -0.2) is 4.98 Å². The molecular formula is C22H24Cl2N4. The van der Waals surface area contributed by atoms with Gasteiger partial charge in [-0.05, 0) is 62.6 Å². The van der Waals surface area contributed by atoms with Gasteiger partial charge in [0.2, 0.25) is 5.95 Å². The number of para-hydroxylation sites is 1. The van der Waals surface area contributed by atoms with Crippen LogP contribution in [0.1, 0.15) is 35.3 Å². The number of anilines is 3. The molecule has 2 aromatic carbocycles. The van der Waals surface area contributed by atoms with Crippen LogP contribution in [0.2, 0.25) is 5.02 Å². The quantitative estimate of drug-likeness (QED) is 0.567. The molecule has 1 unspecified atom stereocenters. The first-order valence-corrected chi connectivity index (χ1v) is 9.63. The van der Waals surface area contributed by atoms with Crippen LogP contribution < -0.4 is 10.2 Å². The summed E-state index contributed by atoms with van der Waals surface area (Å²) in [6.07, 6.45) is 0.987. The van der Waals surface area contributed by atoms with E-state index in [0.717, 1.165) is 40.8 Å². The molecule has 0 bridgehead atoms. The van der Waals surface area contributed by atoms with E-state index < -0.39 is 0 Å². The molecule has 28 heavy (non-hydrogen) atoms. The highest BCUT2D eigenvalue weighted by Gasteiger charge is 2.27. The molecule has 1 aliphatic rings. The number of benzene rings is 2. The number of fused-ring (bicyclic) bond motifs is 1. The van der Waals surface area contributed by atoms with Crippen molar-refractivity contribution in [3.05, 3.63) is 75.9 Å². The molecule has 4 rings (SSSR count). The number of aryl methyl sites for hydroxylation is 1. The van der Waals surface area contributed by atoms with Crippen molar-refractivity contribution in [1.82, 2.24) is 9.97 Å². The Labute approximate surface area is 177 Å². The molecule has 2 heterocycles. The molecule has 1 atom stereocenters. The highest BCUT2D eigenvalue weighted by molar-refractivity contribution is 6.30. The first-order chi connectivity index (χ1) is 13.0. The highest BCUT2D eigenvalue weighted by Crippen LogP contribution is 2.36. The van der Waals surface area contributed by atoms with Gasteiger partial charge in [-0.3, -0.25) is 0 Å². The van der Waals surface area contributed by atoms with Crippen LogP contribution in [0.25, 0.3) is 0 Å². The fraction of sp³-hybridized carbons (Fsp3) is 0.273. The molecule has 1 aromatic heterocycles. The highest BCUT2D eigenvalue weighted by atomic mass is 35.5. The summed E-state index contributed by atoms with van der Waals surface area (Å²) in [7, 11) is 0. The maximum absolute atomic E-state index is 6.25. The van der Waals surface area contributed by atoms with Crippen LogP contribution >= 0.6 is 24.0 Å². The zero-order valence-electron chi connectivity index (χ0n) is 16.2. The number of aromatic nitrogens is 2. The van der Waals surface area contributed by atoms with Gasteiger partial charge in [-0.15, -0.1) is 12.4 Å². The predicted octanol–water partition coefficient (Wildman–Crippen LogP) is 6.04. The summed E-state index contributed by atoms with van der Waals surface area (Å²) in [5.41, 5.74) is 5.74. The first kappa shape index (κ1) is 20.4. The van der Waals surface area contributed by atoms with Crippen molar-refractivity contribution in [2.45, 2.75) is 33.2 Å². The molecule has 0 radical (unpaired) electrons. The van der Waals surface area contributed by atoms with E-state index >= 15 is 0 Å². The monoisotopic (exact) mass is 414 g/mol. The molecule has 0 saturated heterocycles. The lowest BCUT2D eigenvalue weighted by Crippen LogP contribution is -2.35. The Hall–Kier alpha value is -2.30. The van der Waals surface area contributed by atoms with Gasteiger partial charge in [0.15, 0.2) is 0 Å². The predicted molar refractivity (Wildman–Crippen MR) is 119 cm³/mol. The maximum atomic E-state index is 6.25. The molecule has 1 aliphatic heterocycles. The average Bonchev–Trinajstić information content (AvgIpc) is 2.66. The number of hydrogen-bond acceptors (Lipinski definition) is 4. The van der Waals surface area contributed by atoms with Crippen LogP contribution in [0.5, 0.6) is 0 Å². The van der Waals surface area contributed by atoms with E-state index in [9.17, 15) is 0 Å². The Morgan fingerprint density at radius 2 is 1.82 bits per heavy atom. The van der Waals surface area contributed by atoms with Gasteiger partial charge in [0, 0.05) is 28.5 Å². The van der Waals surface area contributed by atoms with Crippen LogP contribution in [0.15, 0.2) is 48.5 Å². The Kier molecular flexibility index (Phi) is 6.11. The van der Waals surface area contributed by atoms with Gasteiger partial charge in [-0.1, -0.05) is 35.9 Å². The van der Waals surface area contributed by atoms with Crippen molar-refractivity contribution >= 4 is 41.5 Å². The summed E-state index contributed by atoms with van der Waals surface area (Å²) in [6.45, 7) is 7.28. The Morgan fingerprint density at radius 3 is 2.57 bits per heavy atom. The lowest BCUT2D eigenvalue weighted by Gasteiger charge is -2.37. The second-order valence-electron chi connectivity index (χ2n) is 7.03. The zero-order valence-corrected chi connectivity index (χ0v) is 17.8. The molecule has 0 fully saturated rings. The summed E-state index contributed by atoms with van der Waals surface area (Å²) < 4.78 is 0. The smallest absolute Gasteiger partial charge is 0.229 e. The second-order valence-corrected chi connectivity index (χ2v) is 7.47. The minimum absolute atomic E-state index is 0. The fourth-order valence-electron chi connectivity index (χ4n) is 3.67. The lowest BCUT2D eigenvalue weighted by atomic mass is 9.93. The minimum atomic E-state index is 0. The number of nitrogens with zero attached hydrogens (tertiary/aromatic N) is 3. The number of rotatable bonds is 3. The Bertz CT molecular complexity index is 976. The second kappa shape index (κ2) is 8.38. The van der Waals surface area contributed by atoms with Crippen LogP contribution in [0.4, 0.5) is 17.5 Å². The number of nitrogens with one attached hydrogen (secondary N) is 1. The molecular weight excluding hydrogens is 391 g/mol. The van der Waals surface area contributed by atoms with E-state index in [4.69, 9.17) is 16.6 Å². The Balaban J connectivity index is 0.00000225. The van der Waals surface area contributed by atoms with E-state index in [1.54, 1.807) is 0 Å². The van der Waals surface area contributed by atoms with Crippen molar-refractivity contribution in [1.29, 1.82) is 0 Å². The maximum Gasteiger partial charge on any atom is 0.229 e. The molecule has 0 saturated carbocycles. The summed E-state index contributed by atoms with van der Waals surface area (Å²) in [6, 6.07) is 16.4. The molecule has 3 aromatic rings. The van der Waals surface area contributed by atoms with E-state index in [1.807, 2.05) is 43.3 Å². The minimum Gasteiger partial charge on any atom is -0.349 e. The van der Waals surface area contributed by atoms with Gasteiger partial charge in [0.25, 0.3) is 0 Å². The molecule has 1 N–H and O–H groups in total. The van der Waals surface area contributed by atoms with E-state index in [-0.39, 0.29) is 18.4 Å². The van der Waals surface area contributed by atoms with Crippen molar-refractivity contribution in [3.8, 4) is 0 Å². The summed E-state index contributed by atoms with van der Waals surface area (Å²) in [5.74, 6) is 1.61. The van der Waals surface area contributed by atoms with Crippen LogP contribution in [0, 0.1) is 13.8 Å². The summed E-state index contributed by atoms with van der Waals surface area (Å²) in [4.78, 5) is 11.9. The third-order valence-electron chi connectivity index (χ3n) is 5.31. The molecule has 146 valence electrons. The van der Waals surface area contributed by atoms with E-state index in [1.165, 1.54) is 11.1 Å². The van der Waals surface area contributed by atoms with Gasteiger partial charge in [0.1, 0.15) is 5.82 Å². The van der Waals surface area contributed by atoms with Crippen molar-refractivity contribution in [2.24, 2.45) is 0 Å². The molecule has 0 amide bonds.